The molecule has 3 heterocycles. The Morgan fingerprint density at radius 3 is 1.48 bits per heavy atom. The summed E-state index contributed by atoms with van der Waals surface area (Å²) in [6.07, 6.45) is 3.67. The first-order chi connectivity index (χ1) is 12.7. The zero-order valence-corrected chi connectivity index (χ0v) is 18.0. The molecular formula is C22H24N4Pt+2. The Bertz CT molecular complexity index is 961. The largest absolute Gasteiger partial charge is 2.00 e. The Hall–Kier alpha value is -1.87. The van der Waals surface area contributed by atoms with Crippen LogP contribution >= 0.6 is 0 Å². The molecule has 4 nitrogen and oxygen atoms in total. The summed E-state index contributed by atoms with van der Waals surface area (Å²) in [6.45, 7) is 4.93. The molecular weight excluding hydrogens is 515 g/mol. The maximum absolute atomic E-state index is 4.52. The van der Waals surface area contributed by atoms with Crippen molar-refractivity contribution in [1.29, 1.82) is 0 Å². The van der Waals surface area contributed by atoms with Gasteiger partial charge in [0.15, 0.2) is 0 Å². The third-order valence-corrected chi connectivity index (χ3v) is 5.05. The summed E-state index contributed by atoms with van der Waals surface area (Å²) in [4.78, 5) is 13.8. The van der Waals surface area contributed by atoms with E-state index in [1.54, 1.807) is 0 Å². The van der Waals surface area contributed by atoms with Crippen molar-refractivity contribution in [3.05, 3.63) is 60.9 Å². The minimum atomic E-state index is 0. The molecule has 2 aromatic carbocycles. The van der Waals surface area contributed by atoms with Gasteiger partial charge < -0.3 is 9.80 Å². The van der Waals surface area contributed by atoms with Gasteiger partial charge in [-0.1, -0.05) is 36.4 Å². The van der Waals surface area contributed by atoms with E-state index in [9.17, 15) is 0 Å². The molecule has 0 N–H and O–H groups in total. The molecule has 4 aromatic rings. The summed E-state index contributed by atoms with van der Waals surface area (Å²) in [5, 5.41) is 4.64. The predicted molar refractivity (Wildman–Crippen MR) is 110 cm³/mol. The van der Waals surface area contributed by atoms with Crippen molar-refractivity contribution in [1.82, 2.24) is 19.8 Å². The van der Waals surface area contributed by atoms with E-state index >= 15 is 0 Å². The molecule has 0 aliphatic carbocycles. The Labute approximate surface area is 174 Å². The summed E-state index contributed by atoms with van der Waals surface area (Å²) in [5.41, 5.74) is 2.05. The fraction of sp³-hybridized carbons (Fsp3) is 0.273. The van der Waals surface area contributed by atoms with Gasteiger partial charge in [0.1, 0.15) is 0 Å². The molecule has 0 spiro atoms. The van der Waals surface area contributed by atoms with E-state index in [0.29, 0.717) is 0 Å². The average molecular weight is 540 g/mol. The molecule has 0 bridgehead atoms. The maximum Gasteiger partial charge on any atom is 2.00 e. The van der Waals surface area contributed by atoms with Crippen molar-refractivity contribution in [2.75, 3.05) is 40.3 Å². The van der Waals surface area contributed by atoms with E-state index < -0.39 is 0 Å². The molecule has 0 saturated carbocycles. The smallest absolute Gasteiger partial charge is 0.304 e. The molecule has 1 aliphatic rings. The van der Waals surface area contributed by atoms with E-state index in [4.69, 9.17) is 0 Å². The first kappa shape index (κ1) is 19.9. The molecule has 1 fully saturated rings. The van der Waals surface area contributed by atoms with Crippen LogP contribution in [0.25, 0.3) is 32.6 Å². The van der Waals surface area contributed by atoms with Gasteiger partial charge >= 0.3 is 21.1 Å². The molecule has 1 saturated heterocycles. The fourth-order valence-corrected chi connectivity index (χ4v) is 3.40. The van der Waals surface area contributed by atoms with E-state index in [1.165, 1.54) is 31.6 Å². The van der Waals surface area contributed by atoms with Gasteiger partial charge in [0.05, 0.1) is 11.0 Å². The van der Waals surface area contributed by atoms with E-state index in [1.807, 2.05) is 24.5 Å². The number of fused-ring (bicyclic) bond motifs is 5. The van der Waals surface area contributed by atoms with Gasteiger partial charge in [-0.15, -0.1) is 0 Å². The van der Waals surface area contributed by atoms with Gasteiger partial charge in [-0.25, -0.2) is 0 Å². The van der Waals surface area contributed by atoms with E-state index in [2.05, 4.69) is 70.3 Å². The standard InChI is InChI=1S/C16H10N2.C6H14N2.Pt/c1-3-12-7-5-11-6-8-13-4-2-10-18-16(13)14(11)15(12)17-9-1;1-7-3-5-8(2)6-4-7;/h1-10H;3-6H2,1-2H3;/q;;+2. The van der Waals surface area contributed by atoms with Crippen LogP contribution in [0, 0.1) is 0 Å². The molecule has 0 amide bonds. The number of likely N-dealkylation sites (N-methyl/N-ethyl adjacent to an activating group) is 2. The Morgan fingerprint density at radius 2 is 1.04 bits per heavy atom. The predicted octanol–water partition coefficient (Wildman–Crippen LogP) is 3.80. The molecule has 5 rings (SSSR count). The van der Waals surface area contributed by atoms with Crippen molar-refractivity contribution >= 4 is 32.6 Å². The average Bonchev–Trinajstić information content (AvgIpc) is 2.70. The van der Waals surface area contributed by atoms with Crippen molar-refractivity contribution in [2.45, 2.75) is 0 Å². The molecule has 0 unspecified atom stereocenters. The first-order valence-electron chi connectivity index (χ1n) is 9.11. The molecule has 27 heavy (non-hydrogen) atoms. The zero-order chi connectivity index (χ0) is 17.9. The molecule has 0 atom stereocenters. The fourth-order valence-electron chi connectivity index (χ4n) is 3.40. The van der Waals surface area contributed by atoms with Crippen LogP contribution in [0.2, 0.25) is 0 Å². The van der Waals surface area contributed by atoms with Gasteiger partial charge in [-0.05, 0) is 31.6 Å². The summed E-state index contributed by atoms with van der Waals surface area (Å²) in [7, 11) is 4.35. The zero-order valence-electron chi connectivity index (χ0n) is 15.7. The van der Waals surface area contributed by atoms with Crippen LogP contribution in [0.1, 0.15) is 0 Å². The van der Waals surface area contributed by atoms with Crippen molar-refractivity contribution < 1.29 is 21.1 Å². The molecule has 140 valence electrons. The number of aromatic nitrogens is 2. The number of hydrogen-bond acceptors (Lipinski definition) is 4. The number of nitrogens with zero attached hydrogens (tertiary/aromatic N) is 4. The minimum Gasteiger partial charge on any atom is -0.304 e. The summed E-state index contributed by atoms with van der Waals surface area (Å²) >= 11 is 0. The second kappa shape index (κ2) is 8.88. The van der Waals surface area contributed by atoms with Gasteiger partial charge in [0, 0.05) is 54.7 Å². The van der Waals surface area contributed by atoms with Gasteiger partial charge in [-0.2, -0.15) is 0 Å². The Balaban J connectivity index is 0.000000200. The normalized spacial score (nSPS) is 15.3. The Kier molecular flexibility index (Phi) is 6.54. The first-order valence-corrected chi connectivity index (χ1v) is 9.11. The monoisotopic (exact) mass is 539 g/mol. The van der Waals surface area contributed by atoms with Crippen LogP contribution in [0.4, 0.5) is 0 Å². The number of piperazine rings is 1. The van der Waals surface area contributed by atoms with E-state index in [0.717, 1.165) is 27.2 Å². The quantitative estimate of drug-likeness (QED) is 0.319. The number of hydrogen-bond donors (Lipinski definition) is 0. The summed E-state index contributed by atoms with van der Waals surface area (Å²) in [5.74, 6) is 0. The van der Waals surface area contributed by atoms with Crippen LogP contribution in [0.3, 0.4) is 0 Å². The van der Waals surface area contributed by atoms with Gasteiger partial charge in [-0.3, -0.25) is 9.97 Å². The summed E-state index contributed by atoms with van der Waals surface area (Å²) < 4.78 is 0. The maximum atomic E-state index is 4.52. The second-order valence-corrected chi connectivity index (χ2v) is 6.99. The minimum absolute atomic E-state index is 0. The SMILES string of the molecule is CN1CCN(C)CC1.[Pt+2].c1cnc2c(c1)ccc1ccc3cccnc3c12. The van der Waals surface area contributed by atoms with Crippen molar-refractivity contribution in [2.24, 2.45) is 0 Å². The van der Waals surface area contributed by atoms with Crippen LogP contribution < -0.4 is 0 Å². The van der Waals surface area contributed by atoms with Crippen LogP contribution in [-0.2, 0) is 21.1 Å². The van der Waals surface area contributed by atoms with Crippen molar-refractivity contribution in [3.8, 4) is 0 Å². The molecule has 5 heteroatoms. The second-order valence-electron chi connectivity index (χ2n) is 6.99. The van der Waals surface area contributed by atoms with Gasteiger partial charge in [0.25, 0.3) is 0 Å². The Morgan fingerprint density at radius 1 is 0.630 bits per heavy atom. The molecule has 2 aromatic heterocycles. The third-order valence-electron chi connectivity index (χ3n) is 5.05. The number of benzene rings is 2. The van der Waals surface area contributed by atoms with Gasteiger partial charge in [0.2, 0.25) is 0 Å². The van der Waals surface area contributed by atoms with E-state index in [-0.39, 0.29) is 21.1 Å². The van der Waals surface area contributed by atoms with Crippen LogP contribution in [-0.4, -0.2) is 60.0 Å². The third kappa shape index (κ3) is 4.35. The van der Waals surface area contributed by atoms with Crippen LogP contribution in [0.15, 0.2) is 60.9 Å². The molecule has 0 radical (unpaired) electrons. The van der Waals surface area contributed by atoms with Crippen LogP contribution in [0.5, 0.6) is 0 Å². The molecule has 1 aliphatic heterocycles. The number of rotatable bonds is 0. The topological polar surface area (TPSA) is 32.3 Å². The summed E-state index contributed by atoms with van der Waals surface area (Å²) in [6, 6.07) is 16.6. The number of pyridine rings is 2. The van der Waals surface area contributed by atoms with Crippen molar-refractivity contribution in [3.63, 3.8) is 0 Å².